The first-order chi connectivity index (χ1) is 13.0. The summed E-state index contributed by atoms with van der Waals surface area (Å²) in [6, 6.07) is 11.4. The van der Waals surface area contributed by atoms with Crippen molar-refractivity contribution in [2.45, 2.75) is 19.6 Å². The lowest BCUT2D eigenvalue weighted by molar-refractivity contribution is 0.0944. The van der Waals surface area contributed by atoms with Crippen LogP contribution in [0.3, 0.4) is 0 Å². The monoisotopic (exact) mass is 371 g/mol. The van der Waals surface area contributed by atoms with Crippen molar-refractivity contribution in [2.75, 3.05) is 18.8 Å². The molecule has 5 N–H and O–H groups in total. The Kier molecular flexibility index (Phi) is 5.84. The highest BCUT2D eigenvalue weighted by atomic mass is 16.6. The van der Waals surface area contributed by atoms with Crippen LogP contribution in [-0.2, 0) is 6.54 Å². The summed E-state index contributed by atoms with van der Waals surface area (Å²) in [5, 5.41) is 22.2. The minimum absolute atomic E-state index is 0.0210. The molecule has 0 radical (unpaired) electrons. The minimum atomic E-state index is -0.493. The molecule has 2 heterocycles. The number of rotatable bonds is 8. The Bertz CT molecular complexity index is 885. The van der Waals surface area contributed by atoms with Gasteiger partial charge in [-0.3, -0.25) is 4.79 Å². The standard InChI is InChI=1S/C18H21N5O4/c1-11(24)12-2-4-13(5-3-12)15-7-6-14(26-15)10-20-8-9-21-18(25)16-17(19)23-27-22-16/h2-7,11,20,24H,8-10H2,1H3,(H2,19,23)(H,21,25)/t11-/m1/s1. The fraction of sp³-hybridized carbons (Fsp3) is 0.278. The predicted molar refractivity (Wildman–Crippen MR) is 97.5 cm³/mol. The van der Waals surface area contributed by atoms with Gasteiger partial charge in [0, 0.05) is 18.7 Å². The number of anilines is 1. The van der Waals surface area contributed by atoms with Gasteiger partial charge in [-0.05, 0) is 34.9 Å². The van der Waals surface area contributed by atoms with Crippen LogP contribution < -0.4 is 16.4 Å². The summed E-state index contributed by atoms with van der Waals surface area (Å²) in [6.45, 7) is 3.18. The zero-order valence-corrected chi connectivity index (χ0v) is 14.8. The van der Waals surface area contributed by atoms with E-state index in [0.29, 0.717) is 19.6 Å². The summed E-state index contributed by atoms with van der Waals surface area (Å²) in [5.41, 5.74) is 7.23. The van der Waals surface area contributed by atoms with Gasteiger partial charge in [-0.2, -0.15) is 0 Å². The largest absolute Gasteiger partial charge is 0.460 e. The van der Waals surface area contributed by atoms with E-state index in [0.717, 1.165) is 22.6 Å². The molecule has 0 fully saturated rings. The summed E-state index contributed by atoms with van der Waals surface area (Å²) < 4.78 is 10.2. The molecule has 142 valence electrons. The molecule has 9 heteroatoms. The van der Waals surface area contributed by atoms with Gasteiger partial charge in [-0.1, -0.05) is 24.3 Å². The smallest absolute Gasteiger partial charge is 0.277 e. The topological polar surface area (TPSA) is 139 Å². The van der Waals surface area contributed by atoms with Crippen LogP contribution in [0.15, 0.2) is 45.4 Å². The number of carbonyl (C=O) groups excluding carboxylic acids is 1. The second-order valence-corrected chi connectivity index (χ2v) is 5.99. The van der Waals surface area contributed by atoms with E-state index in [1.54, 1.807) is 6.92 Å². The summed E-state index contributed by atoms with van der Waals surface area (Å²) in [7, 11) is 0. The number of aromatic nitrogens is 2. The summed E-state index contributed by atoms with van der Waals surface area (Å²) in [5.74, 6) is 1.06. The van der Waals surface area contributed by atoms with Gasteiger partial charge >= 0.3 is 0 Å². The highest BCUT2D eigenvalue weighted by Crippen LogP contribution is 2.24. The predicted octanol–water partition coefficient (Wildman–Crippen LogP) is 1.48. The first-order valence-corrected chi connectivity index (χ1v) is 8.48. The van der Waals surface area contributed by atoms with Crippen LogP contribution in [0, 0.1) is 0 Å². The van der Waals surface area contributed by atoms with Crippen molar-refractivity contribution < 1.29 is 18.9 Å². The van der Waals surface area contributed by atoms with E-state index in [9.17, 15) is 9.90 Å². The maximum absolute atomic E-state index is 11.8. The Morgan fingerprint density at radius 2 is 1.96 bits per heavy atom. The number of nitrogens with one attached hydrogen (secondary N) is 2. The van der Waals surface area contributed by atoms with Crippen molar-refractivity contribution in [3.63, 3.8) is 0 Å². The third-order valence-electron chi connectivity index (χ3n) is 3.95. The van der Waals surface area contributed by atoms with Gasteiger partial charge in [-0.15, -0.1) is 0 Å². The first-order valence-electron chi connectivity index (χ1n) is 8.48. The number of furan rings is 1. The highest BCUT2D eigenvalue weighted by molar-refractivity contribution is 5.95. The van der Waals surface area contributed by atoms with Crippen LogP contribution >= 0.6 is 0 Å². The second-order valence-electron chi connectivity index (χ2n) is 5.99. The lowest BCUT2D eigenvalue weighted by Crippen LogP contribution is -2.32. The second kappa shape index (κ2) is 8.47. The normalized spacial score (nSPS) is 12.1. The molecular weight excluding hydrogens is 350 g/mol. The fourth-order valence-electron chi connectivity index (χ4n) is 2.47. The molecule has 2 aromatic heterocycles. The van der Waals surface area contributed by atoms with Crippen molar-refractivity contribution >= 4 is 11.7 Å². The Morgan fingerprint density at radius 1 is 1.19 bits per heavy atom. The van der Waals surface area contributed by atoms with Crippen LogP contribution in [0.1, 0.15) is 34.8 Å². The van der Waals surface area contributed by atoms with Crippen molar-refractivity contribution in [1.82, 2.24) is 20.9 Å². The quantitative estimate of drug-likeness (QED) is 0.437. The third-order valence-corrected chi connectivity index (χ3v) is 3.95. The van der Waals surface area contributed by atoms with E-state index in [-0.39, 0.29) is 11.5 Å². The van der Waals surface area contributed by atoms with Crippen LogP contribution in [-0.4, -0.2) is 34.4 Å². The van der Waals surface area contributed by atoms with Gasteiger partial charge in [0.15, 0.2) is 0 Å². The Hall–Kier alpha value is -3.17. The number of hydrogen-bond acceptors (Lipinski definition) is 8. The van der Waals surface area contributed by atoms with Gasteiger partial charge < -0.3 is 25.9 Å². The number of carbonyl (C=O) groups is 1. The molecule has 3 aromatic rings. The van der Waals surface area contributed by atoms with E-state index in [4.69, 9.17) is 10.2 Å². The Morgan fingerprint density at radius 3 is 2.63 bits per heavy atom. The van der Waals surface area contributed by atoms with E-state index >= 15 is 0 Å². The average Bonchev–Trinajstić information content (AvgIpc) is 3.30. The number of nitrogens with zero attached hydrogens (tertiary/aromatic N) is 2. The first kappa shape index (κ1) is 18.6. The molecule has 0 spiro atoms. The number of aliphatic hydroxyl groups excluding tert-OH is 1. The number of aliphatic hydroxyl groups is 1. The van der Waals surface area contributed by atoms with Gasteiger partial charge in [0.25, 0.3) is 5.91 Å². The van der Waals surface area contributed by atoms with Crippen molar-refractivity contribution in [3.8, 4) is 11.3 Å². The zero-order valence-electron chi connectivity index (χ0n) is 14.8. The van der Waals surface area contributed by atoms with Gasteiger partial charge in [0.1, 0.15) is 11.5 Å². The maximum Gasteiger partial charge on any atom is 0.277 e. The fourth-order valence-corrected chi connectivity index (χ4v) is 2.47. The number of amides is 1. The van der Waals surface area contributed by atoms with Crippen LogP contribution in [0.2, 0.25) is 0 Å². The molecule has 0 saturated carbocycles. The van der Waals surface area contributed by atoms with Crippen molar-refractivity contribution in [3.05, 3.63) is 53.4 Å². The van der Waals surface area contributed by atoms with E-state index in [1.807, 2.05) is 36.4 Å². The Balaban J connectivity index is 1.43. The molecule has 0 aliphatic heterocycles. The molecule has 1 aromatic carbocycles. The minimum Gasteiger partial charge on any atom is -0.460 e. The summed E-state index contributed by atoms with van der Waals surface area (Å²) in [6.07, 6.45) is -0.493. The molecule has 1 amide bonds. The van der Waals surface area contributed by atoms with Crippen molar-refractivity contribution in [1.29, 1.82) is 0 Å². The molecule has 0 bridgehead atoms. The van der Waals surface area contributed by atoms with Gasteiger partial charge in [-0.25, -0.2) is 4.63 Å². The molecule has 0 aliphatic rings. The molecule has 1 atom stereocenters. The summed E-state index contributed by atoms with van der Waals surface area (Å²) >= 11 is 0. The average molecular weight is 371 g/mol. The van der Waals surface area contributed by atoms with E-state index < -0.39 is 12.0 Å². The lowest BCUT2D eigenvalue weighted by Gasteiger charge is -2.05. The molecule has 9 nitrogen and oxygen atoms in total. The molecule has 0 saturated heterocycles. The van der Waals surface area contributed by atoms with Crippen LogP contribution in [0.25, 0.3) is 11.3 Å². The maximum atomic E-state index is 11.8. The highest BCUT2D eigenvalue weighted by Gasteiger charge is 2.14. The molecule has 0 aliphatic carbocycles. The van der Waals surface area contributed by atoms with Crippen LogP contribution in [0.5, 0.6) is 0 Å². The lowest BCUT2D eigenvalue weighted by atomic mass is 10.1. The van der Waals surface area contributed by atoms with Crippen molar-refractivity contribution in [2.24, 2.45) is 0 Å². The number of nitrogen functional groups attached to an aromatic ring is 1. The third kappa shape index (κ3) is 4.72. The summed E-state index contributed by atoms with van der Waals surface area (Å²) in [4.78, 5) is 11.8. The zero-order chi connectivity index (χ0) is 19.2. The molecule has 0 unspecified atom stereocenters. The molecule has 3 rings (SSSR count). The molecular formula is C18H21N5O4. The van der Waals surface area contributed by atoms with Crippen LogP contribution in [0.4, 0.5) is 5.82 Å². The van der Waals surface area contributed by atoms with Gasteiger partial charge in [0.2, 0.25) is 11.5 Å². The number of benzene rings is 1. The van der Waals surface area contributed by atoms with Gasteiger partial charge in [0.05, 0.1) is 12.6 Å². The van der Waals surface area contributed by atoms with E-state index in [2.05, 4.69) is 25.6 Å². The molecule has 27 heavy (non-hydrogen) atoms. The number of nitrogens with two attached hydrogens (primary N) is 1. The van der Waals surface area contributed by atoms with E-state index in [1.165, 1.54) is 0 Å². The SMILES string of the molecule is C[C@@H](O)c1ccc(-c2ccc(CNCCNC(=O)c3nonc3N)o2)cc1. The Labute approximate surface area is 155 Å². The number of hydrogen-bond donors (Lipinski definition) is 4.